The molecule has 1 heterocycles. The molecular formula is C13H12BrClN2O. The van der Waals surface area contributed by atoms with Gasteiger partial charge >= 0.3 is 0 Å². The zero-order valence-electron chi connectivity index (χ0n) is 9.86. The topological polar surface area (TPSA) is 35.0 Å². The lowest BCUT2D eigenvalue weighted by molar-refractivity contribution is 0.101. The van der Waals surface area contributed by atoms with E-state index >= 15 is 0 Å². The number of nitrogens with zero attached hydrogens (tertiary/aromatic N) is 2. The van der Waals surface area contributed by atoms with E-state index in [1.807, 2.05) is 31.2 Å². The van der Waals surface area contributed by atoms with E-state index < -0.39 is 0 Å². The summed E-state index contributed by atoms with van der Waals surface area (Å²) in [5, 5.41) is 0.448. The van der Waals surface area contributed by atoms with Crippen molar-refractivity contribution in [2.75, 3.05) is 0 Å². The Morgan fingerprint density at radius 2 is 2.06 bits per heavy atom. The molecule has 0 atom stereocenters. The predicted molar refractivity (Wildman–Crippen MR) is 74.4 cm³/mol. The van der Waals surface area contributed by atoms with Crippen molar-refractivity contribution >= 4 is 27.5 Å². The zero-order valence-corrected chi connectivity index (χ0v) is 12.2. The summed E-state index contributed by atoms with van der Waals surface area (Å²) in [6.07, 6.45) is 0. The number of ether oxygens (including phenoxy) is 1. The summed E-state index contributed by atoms with van der Waals surface area (Å²) < 4.78 is 6.61. The van der Waals surface area contributed by atoms with Crippen LogP contribution in [-0.2, 0) is 18.0 Å². The number of aryl methyl sites for hydroxylation is 1. The number of benzene rings is 1. The molecule has 0 aliphatic heterocycles. The van der Waals surface area contributed by atoms with Gasteiger partial charge in [0, 0.05) is 10.2 Å². The molecule has 0 saturated carbocycles. The molecule has 18 heavy (non-hydrogen) atoms. The Morgan fingerprint density at radius 3 is 2.78 bits per heavy atom. The Kier molecular flexibility index (Phi) is 4.69. The highest BCUT2D eigenvalue weighted by molar-refractivity contribution is 9.10. The monoisotopic (exact) mass is 326 g/mol. The average Bonchev–Trinajstić information content (AvgIpc) is 2.27. The van der Waals surface area contributed by atoms with Crippen molar-refractivity contribution in [1.29, 1.82) is 0 Å². The van der Waals surface area contributed by atoms with Crippen molar-refractivity contribution in [2.45, 2.75) is 20.1 Å². The summed E-state index contributed by atoms with van der Waals surface area (Å²) in [5.74, 6) is 0.606. The number of hydrogen-bond acceptors (Lipinski definition) is 3. The fourth-order valence-electron chi connectivity index (χ4n) is 1.54. The highest BCUT2D eigenvalue weighted by Crippen LogP contribution is 2.13. The molecule has 0 fully saturated rings. The minimum absolute atomic E-state index is 0.355. The van der Waals surface area contributed by atoms with Gasteiger partial charge in [0.1, 0.15) is 11.8 Å². The van der Waals surface area contributed by atoms with Crippen molar-refractivity contribution in [1.82, 2.24) is 9.97 Å². The lowest BCUT2D eigenvalue weighted by Crippen LogP contribution is -2.01. The van der Waals surface area contributed by atoms with Gasteiger partial charge in [-0.1, -0.05) is 39.7 Å². The fourth-order valence-corrected chi connectivity index (χ4v) is 2.24. The Bertz CT molecular complexity index is 528. The molecule has 0 aliphatic carbocycles. The summed E-state index contributed by atoms with van der Waals surface area (Å²) in [6.45, 7) is 2.76. The van der Waals surface area contributed by atoms with E-state index in [-0.39, 0.29) is 0 Å². The summed E-state index contributed by atoms with van der Waals surface area (Å²) in [7, 11) is 0. The lowest BCUT2D eigenvalue weighted by atomic mass is 10.2. The number of aromatic nitrogens is 2. The van der Waals surface area contributed by atoms with Crippen molar-refractivity contribution in [3.8, 4) is 0 Å². The predicted octanol–water partition coefficient (Wildman–Crippen LogP) is 3.92. The smallest absolute Gasteiger partial charge is 0.155 e. The lowest BCUT2D eigenvalue weighted by Gasteiger charge is -2.05. The first-order valence-corrected chi connectivity index (χ1v) is 6.63. The van der Waals surface area contributed by atoms with Crippen molar-refractivity contribution in [2.24, 2.45) is 0 Å². The Labute approximate surface area is 119 Å². The number of hydrogen-bond donors (Lipinski definition) is 0. The van der Waals surface area contributed by atoms with Crippen LogP contribution in [0.1, 0.15) is 17.1 Å². The van der Waals surface area contributed by atoms with E-state index in [2.05, 4.69) is 25.9 Å². The van der Waals surface area contributed by atoms with Gasteiger partial charge < -0.3 is 4.74 Å². The quantitative estimate of drug-likeness (QED) is 0.798. The van der Waals surface area contributed by atoms with Crippen LogP contribution in [0.4, 0.5) is 0 Å². The molecule has 2 rings (SSSR count). The van der Waals surface area contributed by atoms with Crippen LogP contribution in [0.15, 0.2) is 34.8 Å². The van der Waals surface area contributed by atoms with Gasteiger partial charge in [-0.15, -0.1) is 0 Å². The third-order valence-corrected chi connectivity index (χ3v) is 2.95. The van der Waals surface area contributed by atoms with Crippen molar-refractivity contribution in [3.05, 3.63) is 57.0 Å². The maximum absolute atomic E-state index is 5.85. The highest BCUT2D eigenvalue weighted by Gasteiger charge is 2.01. The second kappa shape index (κ2) is 6.27. The van der Waals surface area contributed by atoms with Crippen LogP contribution < -0.4 is 0 Å². The molecule has 0 amide bonds. The van der Waals surface area contributed by atoms with Crippen LogP contribution in [0.2, 0.25) is 5.15 Å². The van der Waals surface area contributed by atoms with Crippen LogP contribution in [0, 0.1) is 6.92 Å². The van der Waals surface area contributed by atoms with Gasteiger partial charge in [-0.2, -0.15) is 0 Å². The fraction of sp³-hybridized carbons (Fsp3) is 0.231. The van der Waals surface area contributed by atoms with Crippen molar-refractivity contribution < 1.29 is 4.74 Å². The number of rotatable bonds is 4. The first kappa shape index (κ1) is 13.5. The second-order valence-electron chi connectivity index (χ2n) is 3.87. The summed E-state index contributed by atoms with van der Waals surface area (Å²) in [6, 6.07) is 9.70. The van der Waals surface area contributed by atoms with Crippen molar-refractivity contribution in [3.63, 3.8) is 0 Å². The molecule has 1 aromatic heterocycles. The van der Waals surface area contributed by atoms with Gasteiger partial charge in [0.25, 0.3) is 0 Å². The molecule has 5 heteroatoms. The molecule has 1 aromatic carbocycles. The van der Waals surface area contributed by atoms with Crippen LogP contribution in [0.5, 0.6) is 0 Å². The summed E-state index contributed by atoms with van der Waals surface area (Å²) >= 11 is 9.27. The average molecular weight is 328 g/mol. The molecule has 0 unspecified atom stereocenters. The molecule has 2 aromatic rings. The molecule has 0 N–H and O–H groups in total. The number of halogens is 2. The normalized spacial score (nSPS) is 10.6. The third-order valence-electron chi connectivity index (χ3n) is 2.26. The molecule has 0 spiro atoms. The second-order valence-corrected chi connectivity index (χ2v) is 5.17. The van der Waals surface area contributed by atoms with Crippen LogP contribution >= 0.6 is 27.5 Å². The van der Waals surface area contributed by atoms with Crippen LogP contribution in [0.25, 0.3) is 0 Å². The first-order chi connectivity index (χ1) is 8.63. The van der Waals surface area contributed by atoms with Crippen LogP contribution in [-0.4, -0.2) is 9.97 Å². The molecule has 0 radical (unpaired) electrons. The van der Waals surface area contributed by atoms with Gasteiger partial charge in [0.2, 0.25) is 0 Å². The van der Waals surface area contributed by atoms with E-state index in [0.29, 0.717) is 24.2 Å². The van der Waals surface area contributed by atoms with E-state index in [4.69, 9.17) is 16.3 Å². The van der Waals surface area contributed by atoms with E-state index in [0.717, 1.165) is 15.7 Å². The molecule has 0 bridgehead atoms. The van der Waals surface area contributed by atoms with Crippen LogP contribution in [0.3, 0.4) is 0 Å². The Morgan fingerprint density at radius 1 is 1.22 bits per heavy atom. The maximum atomic E-state index is 5.85. The molecule has 3 nitrogen and oxygen atoms in total. The molecule has 94 valence electrons. The summed E-state index contributed by atoms with van der Waals surface area (Å²) in [5.41, 5.74) is 1.94. The Hall–Kier alpha value is -0.970. The van der Waals surface area contributed by atoms with Gasteiger partial charge in [0.05, 0.1) is 6.61 Å². The minimum Gasteiger partial charge on any atom is -0.369 e. The largest absolute Gasteiger partial charge is 0.369 e. The van der Waals surface area contributed by atoms with Gasteiger partial charge in [-0.25, -0.2) is 9.97 Å². The summed E-state index contributed by atoms with van der Waals surface area (Å²) in [4.78, 5) is 8.36. The highest BCUT2D eigenvalue weighted by atomic mass is 79.9. The zero-order chi connectivity index (χ0) is 13.0. The molecule has 0 aliphatic rings. The van der Waals surface area contributed by atoms with Gasteiger partial charge in [0.15, 0.2) is 5.82 Å². The maximum Gasteiger partial charge on any atom is 0.155 e. The Balaban J connectivity index is 1.92. The molecule has 0 saturated heterocycles. The first-order valence-electron chi connectivity index (χ1n) is 5.46. The molecular weight excluding hydrogens is 316 g/mol. The van der Waals surface area contributed by atoms with Gasteiger partial charge in [-0.3, -0.25) is 0 Å². The van der Waals surface area contributed by atoms with E-state index in [9.17, 15) is 0 Å². The van der Waals surface area contributed by atoms with Gasteiger partial charge in [-0.05, 0) is 30.7 Å². The SMILES string of the molecule is Cc1cc(Cl)nc(COCc2cccc(Br)c2)n1. The minimum atomic E-state index is 0.355. The van der Waals surface area contributed by atoms with E-state index in [1.54, 1.807) is 6.07 Å². The third kappa shape index (κ3) is 4.05. The standard InChI is InChI=1S/C13H12BrClN2O/c1-9-5-12(15)17-13(16-9)8-18-7-10-3-2-4-11(14)6-10/h2-6H,7-8H2,1H3. The van der Waals surface area contributed by atoms with E-state index in [1.165, 1.54) is 0 Å².